The van der Waals surface area contributed by atoms with Crippen molar-refractivity contribution in [2.24, 2.45) is 5.92 Å². The van der Waals surface area contributed by atoms with Gasteiger partial charge in [-0.25, -0.2) is 12.4 Å². The molecule has 1 aliphatic carbocycles. The molecule has 7 nitrogen and oxygen atoms in total. The Morgan fingerprint density at radius 2 is 1.85 bits per heavy atom. The zero-order valence-electron chi connectivity index (χ0n) is 14.3. The summed E-state index contributed by atoms with van der Waals surface area (Å²) in [6.45, 7) is 1.87. The normalized spacial score (nSPS) is 20.0. The summed E-state index contributed by atoms with van der Waals surface area (Å²) in [4.78, 5) is 23.5. The Bertz CT molecular complexity index is 931. The average Bonchev–Trinajstić information content (AvgIpc) is 3.25. The van der Waals surface area contributed by atoms with Crippen LogP contribution in [0.4, 0.5) is 0 Å². The monoisotopic (exact) mass is 376 g/mol. The topological polar surface area (TPSA) is 105 Å². The molecule has 138 valence electrons. The van der Waals surface area contributed by atoms with Crippen molar-refractivity contribution in [3.05, 3.63) is 53.9 Å². The van der Waals surface area contributed by atoms with Gasteiger partial charge >= 0.3 is 5.97 Å². The summed E-state index contributed by atoms with van der Waals surface area (Å²) < 4.78 is 26.2. The molecule has 2 atom stereocenters. The number of rotatable bonds is 5. The van der Waals surface area contributed by atoms with Crippen LogP contribution in [-0.2, 0) is 14.8 Å². The van der Waals surface area contributed by atoms with Gasteiger partial charge in [-0.3, -0.25) is 9.59 Å². The number of carboxylic acids is 1. The number of carbonyl (C=O) groups is 2. The highest BCUT2D eigenvalue weighted by molar-refractivity contribution is 7.90. The van der Waals surface area contributed by atoms with Gasteiger partial charge in [0.1, 0.15) is 0 Å². The van der Waals surface area contributed by atoms with Crippen molar-refractivity contribution in [1.29, 1.82) is 0 Å². The Kier molecular flexibility index (Phi) is 4.86. The third-order valence-corrected chi connectivity index (χ3v) is 6.29. The van der Waals surface area contributed by atoms with Crippen molar-refractivity contribution in [1.82, 2.24) is 9.29 Å². The quantitative estimate of drug-likeness (QED) is 0.830. The van der Waals surface area contributed by atoms with Crippen molar-refractivity contribution in [2.75, 3.05) is 0 Å². The van der Waals surface area contributed by atoms with Gasteiger partial charge in [-0.05, 0) is 44.4 Å². The molecule has 0 saturated heterocycles. The first-order valence-electron chi connectivity index (χ1n) is 8.31. The lowest BCUT2D eigenvalue weighted by molar-refractivity contribution is -0.141. The van der Waals surface area contributed by atoms with Crippen molar-refractivity contribution < 1.29 is 23.1 Å². The Morgan fingerprint density at radius 1 is 1.15 bits per heavy atom. The Hall–Kier alpha value is -2.61. The SMILES string of the molecule is Cc1ccc(S(=O)(=O)n2ccc(C(=O)N[C@@H]3CC[C@H](C(=O)O)C3)c2)cc1. The highest BCUT2D eigenvalue weighted by atomic mass is 32.2. The van der Waals surface area contributed by atoms with Crippen LogP contribution < -0.4 is 5.32 Å². The number of hydrogen-bond donors (Lipinski definition) is 2. The van der Waals surface area contributed by atoms with Crippen molar-refractivity contribution in [3.63, 3.8) is 0 Å². The van der Waals surface area contributed by atoms with E-state index < -0.39 is 27.8 Å². The van der Waals surface area contributed by atoms with Gasteiger partial charge in [-0.15, -0.1) is 0 Å². The van der Waals surface area contributed by atoms with Gasteiger partial charge in [0.15, 0.2) is 0 Å². The molecule has 3 rings (SSSR count). The van der Waals surface area contributed by atoms with E-state index in [2.05, 4.69) is 5.32 Å². The van der Waals surface area contributed by atoms with Gasteiger partial charge in [0.05, 0.1) is 16.4 Å². The minimum atomic E-state index is -3.76. The first-order chi connectivity index (χ1) is 12.3. The highest BCUT2D eigenvalue weighted by Gasteiger charge is 2.31. The molecule has 1 heterocycles. The molecule has 1 fully saturated rings. The van der Waals surface area contributed by atoms with E-state index in [1.165, 1.54) is 30.6 Å². The predicted octanol–water partition coefficient (Wildman–Crippen LogP) is 2.02. The van der Waals surface area contributed by atoms with E-state index in [9.17, 15) is 18.0 Å². The van der Waals surface area contributed by atoms with Crippen LogP contribution in [-0.4, -0.2) is 35.4 Å². The second kappa shape index (κ2) is 6.95. The van der Waals surface area contributed by atoms with Gasteiger partial charge in [0, 0.05) is 18.4 Å². The third-order valence-electron chi connectivity index (χ3n) is 4.64. The molecule has 26 heavy (non-hydrogen) atoms. The summed E-state index contributed by atoms with van der Waals surface area (Å²) >= 11 is 0. The Morgan fingerprint density at radius 3 is 2.46 bits per heavy atom. The van der Waals surface area contributed by atoms with Crippen LogP contribution in [0.25, 0.3) is 0 Å². The van der Waals surface area contributed by atoms with Crippen molar-refractivity contribution in [2.45, 2.75) is 37.1 Å². The minimum Gasteiger partial charge on any atom is -0.481 e. The molecule has 1 aromatic carbocycles. The van der Waals surface area contributed by atoms with Crippen molar-refractivity contribution in [3.8, 4) is 0 Å². The molecule has 2 aromatic rings. The molecule has 1 amide bonds. The third kappa shape index (κ3) is 3.65. The fourth-order valence-corrected chi connectivity index (χ4v) is 4.30. The number of amides is 1. The van der Waals surface area contributed by atoms with Gasteiger partial charge < -0.3 is 10.4 Å². The highest BCUT2D eigenvalue weighted by Crippen LogP contribution is 2.26. The van der Waals surface area contributed by atoms with E-state index in [-0.39, 0.29) is 16.5 Å². The van der Waals surface area contributed by atoms with Crippen LogP contribution >= 0.6 is 0 Å². The van der Waals surface area contributed by atoms with Crippen LogP contribution in [0.3, 0.4) is 0 Å². The van der Waals surface area contributed by atoms with Gasteiger partial charge in [-0.2, -0.15) is 0 Å². The summed E-state index contributed by atoms with van der Waals surface area (Å²) in [6, 6.07) is 7.70. The fraction of sp³-hybridized carbons (Fsp3) is 0.333. The number of benzene rings is 1. The Labute approximate surface area is 151 Å². The van der Waals surface area contributed by atoms with Gasteiger partial charge in [0.2, 0.25) is 0 Å². The van der Waals surface area contributed by atoms with E-state index in [1.807, 2.05) is 6.92 Å². The molecule has 1 aliphatic rings. The number of aryl methyl sites for hydroxylation is 1. The van der Waals surface area contributed by atoms with E-state index >= 15 is 0 Å². The molecule has 8 heteroatoms. The molecular formula is C18H20N2O5S. The second-order valence-electron chi connectivity index (χ2n) is 6.57. The lowest BCUT2D eigenvalue weighted by Crippen LogP contribution is -2.33. The number of carboxylic acid groups (broad SMARTS) is 1. The fourth-order valence-electron chi connectivity index (χ4n) is 3.10. The molecule has 0 aliphatic heterocycles. The van der Waals surface area contributed by atoms with E-state index in [4.69, 9.17) is 5.11 Å². The summed E-state index contributed by atoms with van der Waals surface area (Å²) in [7, 11) is -3.76. The number of aromatic nitrogens is 1. The first-order valence-corrected chi connectivity index (χ1v) is 9.75. The molecular weight excluding hydrogens is 356 g/mol. The maximum Gasteiger partial charge on any atom is 0.306 e. The first kappa shape index (κ1) is 18.2. The van der Waals surface area contributed by atoms with Gasteiger partial charge in [0.25, 0.3) is 15.9 Å². The van der Waals surface area contributed by atoms with Gasteiger partial charge in [-0.1, -0.05) is 17.7 Å². The lowest BCUT2D eigenvalue weighted by Gasteiger charge is -2.11. The Balaban J connectivity index is 1.72. The number of nitrogens with one attached hydrogen (secondary N) is 1. The molecule has 0 unspecified atom stereocenters. The summed E-state index contributed by atoms with van der Waals surface area (Å²) in [6.07, 6.45) is 4.13. The molecule has 2 N–H and O–H groups in total. The average molecular weight is 376 g/mol. The van der Waals surface area contributed by atoms with Crippen LogP contribution in [0.15, 0.2) is 47.6 Å². The zero-order valence-corrected chi connectivity index (χ0v) is 15.1. The maximum atomic E-state index is 12.6. The van der Waals surface area contributed by atoms with E-state index in [1.54, 1.807) is 12.1 Å². The van der Waals surface area contributed by atoms with Crippen LogP contribution in [0.2, 0.25) is 0 Å². The molecule has 0 bridgehead atoms. The maximum absolute atomic E-state index is 12.6. The standard InChI is InChI=1S/C18H20N2O5S/c1-12-2-6-16(7-3-12)26(24,25)20-9-8-14(11-20)17(21)19-15-5-4-13(10-15)18(22)23/h2-3,6-9,11,13,15H,4-5,10H2,1H3,(H,19,21)(H,22,23)/t13-,15+/m0/s1. The number of hydrogen-bond acceptors (Lipinski definition) is 4. The number of carbonyl (C=O) groups excluding carboxylic acids is 1. The molecule has 0 radical (unpaired) electrons. The van der Waals surface area contributed by atoms with E-state index in [0.717, 1.165) is 9.54 Å². The molecule has 1 saturated carbocycles. The predicted molar refractivity (Wildman–Crippen MR) is 94.4 cm³/mol. The summed E-state index contributed by atoms with van der Waals surface area (Å²) in [5.41, 5.74) is 1.17. The second-order valence-corrected chi connectivity index (χ2v) is 8.41. The minimum absolute atomic E-state index is 0.144. The zero-order chi connectivity index (χ0) is 18.9. The molecule has 0 spiro atoms. The number of aliphatic carboxylic acids is 1. The van der Waals surface area contributed by atoms with Crippen LogP contribution in [0.5, 0.6) is 0 Å². The largest absolute Gasteiger partial charge is 0.481 e. The molecule has 1 aromatic heterocycles. The number of nitrogens with zero attached hydrogens (tertiary/aromatic N) is 1. The van der Waals surface area contributed by atoms with E-state index in [0.29, 0.717) is 19.3 Å². The summed E-state index contributed by atoms with van der Waals surface area (Å²) in [5.74, 6) is -1.69. The van der Waals surface area contributed by atoms with Crippen molar-refractivity contribution >= 4 is 21.9 Å². The van der Waals surface area contributed by atoms with Crippen LogP contribution in [0.1, 0.15) is 35.2 Å². The summed E-state index contributed by atoms with van der Waals surface area (Å²) in [5, 5.41) is 11.8. The van der Waals surface area contributed by atoms with Crippen LogP contribution in [0, 0.1) is 12.8 Å². The smallest absolute Gasteiger partial charge is 0.306 e. The lowest BCUT2D eigenvalue weighted by atomic mass is 10.1.